The lowest BCUT2D eigenvalue weighted by molar-refractivity contribution is 0.0975. The summed E-state index contributed by atoms with van der Waals surface area (Å²) in [6.45, 7) is 1.14. The van der Waals surface area contributed by atoms with E-state index < -0.39 is 0 Å². The topological polar surface area (TPSA) is 72.0 Å². The summed E-state index contributed by atoms with van der Waals surface area (Å²) in [7, 11) is 1.54. The van der Waals surface area contributed by atoms with Crippen molar-refractivity contribution in [1.29, 1.82) is 0 Å². The van der Waals surface area contributed by atoms with Crippen molar-refractivity contribution in [3.05, 3.63) is 59.9 Å². The van der Waals surface area contributed by atoms with Gasteiger partial charge in [-0.15, -0.1) is 0 Å². The Bertz CT molecular complexity index is 820. The first kappa shape index (κ1) is 18.8. The van der Waals surface area contributed by atoms with E-state index in [9.17, 15) is 9.18 Å². The molecule has 0 saturated carbocycles. The molecular formula is C20H22FN3O3. The molecule has 2 N–H and O–H groups in total. The van der Waals surface area contributed by atoms with Crippen LogP contribution in [0.5, 0.6) is 5.75 Å². The highest BCUT2D eigenvalue weighted by molar-refractivity contribution is 6.10. The van der Waals surface area contributed by atoms with Gasteiger partial charge in [-0.3, -0.25) is 10.1 Å². The summed E-state index contributed by atoms with van der Waals surface area (Å²) in [6.07, 6.45) is 1.96. The fraction of sp³-hybridized carbons (Fsp3) is 0.300. The molecule has 142 valence electrons. The summed E-state index contributed by atoms with van der Waals surface area (Å²) in [4.78, 5) is 17.0. The molecule has 0 unspecified atom stereocenters. The molecule has 0 bridgehead atoms. The van der Waals surface area contributed by atoms with Gasteiger partial charge in [-0.1, -0.05) is 12.1 Å². The van der Waals surface area contributed by atoms with Crippen molar-refractivity contribution in [2.24, 2.45) is 4.99 Å². The Balaban J connectivity index is 1.75. The molecule has 2 aromatic rings. The first-order chi connectivity index (χ1) is 13.1. The number of ether oxygens (including phenoxy) is 2. The Kier molecular flexibility index (Phi) is 6.38. The van der Waals surface area contributed by atoms with Gasteiger partial charge in [-0.2, -0.15) is 0 Å². The van der Waals surface area contributed by atoms with Crippen LogP contribution >= 0.6 is 0 Å². The quantitative estimate of drug-likeness (QED) is 0.625. The number of methoxy groups -OCH3 is 1. The number of guanidine groups is 1. The molecule has 1 heterocycles. The van der Waals surface area contributed by atoms with Crippen molar-refractivity contribution >= 4 is 17.6 Å². The van der Waals surface area contributed by atoms with Crippen molar-refractivity contribution < 1.29 is 18.7 Å². The molecule has 0 aliphatic carbocycles. The number of carbonyl (C=O) groups is 1. The van der Waals surface area contributed by atoms with Gasteiger partial charge in [-0.05, 0) is 49.2 Å². The van der Waals surface area contributed by atoms with Gasteiger partial charge < -0.3 is 14.8 Å². The lowest BCUT2D eigenvalue weighted by atomic mass is 10.2. The number of amides is 1. The van der Waals surface area contributed by atoms with Crippen molar-refractivity contribution in [3.63, 3.8) is 0 Å². The van der Waals surface area contributed by atoms with Crippen LogP contribution < -0.4 is 15.4 Å². The molecule has 3 rings (SSSR count). The summed E-state index contributed by atoms with van der Waals surface area (Å²) in [5, 5.41) is 5.71. The van der Waals surface area contributed by atoms with Crippen LogP contribution in [0, 0.1) is 5.82 Å². The molecule has 0 spiro atoms. The maximum atomic E-state index is 13.5. The molecule has 0 radical (unpaired) electrons. The number of benzene rings is 2. The number of carbonyl (C=O) groups excluding carboxylic acids is 1. The van der Waals surface area contributed by atoms with Crippen molar-refractivity contribution in [1.82, 2.24) is 5.32 Å². The lowest BCUT2D eigenvalue weighted by Gasteiger charge is -2.13. The number of rotatable bonds is 5. The standard InChI is InChI=1S/C20H22FN3O3/c1-26-17-8-2-5-14(11-17)19(25)24-20(22-13-18-9-4-10-27-18)23-16-7-3-6-15(21)12-16/h2-3,5-8,11-12,18H,4,9-10,13H2,1H3,(H2,22,23,24,25)/t18-/m1/s1. The van der Waals surface area contributed by atoms with E-state index in [2.05, 4.69) is 15.6 Å². The summed E-state index contributed by atoms with van der Waals surface area (Å²) in [6, 6.07) is 12.8. The monoisotopic (exact) mass is 371 g/mol. The fourth-order valence-corrected chi connectivity index (χ4v) is 2.74. The Labute approximate surface area is 157 Å². The molecule has 27 heavy (non-hydrogen) atoms. The molecule has 1 atom stereocenters. The molecule has 1 aliphatic heterocycles. The highest BCUT2D eigenvalue weighted by atomic mass is 19.1. The van der Waals surface area contributed by atoms with Gasteiger partial charge in [-0.25, -0.2) is 9.38 Å². The number of aliphatic imine (C=N–C) groups is 1. The number of nitrogens with one attached hydrogen (secondary N) is 2. The van der Waals surface area contributed by atoms with Crippen molar-refractivity contribution in [2.75, 3.05) is 25.6 Å². The molecule has 1 fully saturated rings. The van der Waals surface area contributed by atoms with Gasteiger partial charge in [0.15, 0.2) is 0 Å². The lowest BCUT2D eigenvalue weighted by Crippen LogP contribution is -2.36. The van der Waals surface area contributed by atoms with Crippen LogP contribution in [0.1, 0.15) is 23.2 Å². The van der Waals surface area contributed by atoms with Crippen LogP contribution in [0.2, 0.25) is 0 Å². The molecule has 1 amide bonds. The summed E-state index contributed by atoms with van der Waals surface area (Å²) >= 11 is 0. The van der Waals surface area contributed by atoms with Crippen molar-refractivity contribution in [3.8, 4) is 5.75 Å². The molecule has 1 aliphatic rings. The zero-order valence-electron chi connectivity index (χ0n) is 15.1. The zero-order chi connectivity index (χ0) is 19.1. The normalized spacial score (nSPS) is 16.8. The number of nitrogens with zero attached hydrogens (tertiary/aromatic N) is 1. The second kappa shape index (κ2) is 9.14. The largest absolute Gasteiger partial charge is 0.497 e. The molecule has 0 aromatic heterocycles. The minimum atomic E-state index is -0.377. The molecular weight excluding hydrogens is 349 g/mol. The number of hydrogen-bond donors (Lipinski definition) is 2. The first-order valence-electron chi connectivity index (χ1n) is 8.78. The van der Waals surface area contributed by atoms with Crippen LogP contribution in [0.4, 0.5) is 10.1 Å². The third kappa shape index (κ3) is 5.52. The maximum absolute atomic E-state index is 13.5. The Morgan fingerprint density at radius 2 is 2.15 bits per heavy atom. The second-order valence-corrected chi connectivity index (χ2v) is 6.15. The summed E-state index contributed by atoms with van der Waals surface area (Å²) < 4.78 is 24.2. The smallest absolute Gasteiger partial charge is 0.258 e. The van der Waals surface area contributed by atoms with Crippen LogP contribution in [-0.2, 0) is 4.74 Å². The third-order valence-electron chi connectivity index (χ3n) is 4.13. The third-order valence-corrected chi connectivity index (χ3v) is 4.13. The summed E-state index contributed by atoms with van der Waals surface area (Å²) in [5.41, 5.74) is 0.923. The average molecular weight is 371 g/mol. The van der Waals surface area contributed by atoms with E-state index in [1.54, 1.807) is 36.4 Å². The highest BCUT2D eigenvalue weighted by Crippen LogP contribution is 2.14. The van der Waals surface area contributed by atoms with E-state index in [4.69, 9.17) is 9.47 Å². The van der Waals surface area contributed by atoms with Gasteiger partial charge in [0, 0.05) is 17.9 Å². The van der Waals surface area contributed by atoms with E-state index >= 15 is 0 Å². The minimum Gasteiger partial charge on any atom is -0.497 e. The zero-order valence-corrected chi connectivity index (χ0v) is 15.1. The number of hydrogen-bond acceptors (Lipinski definition) is 4. The minimum absolute atomic E-state index is 0.0306. The van der Waals surface area contributed by atoms with E-state index in [1.807, 2.05) is 0 Å². The average Bonchev–Trinajstić information content (AvgIpc) is 3.20. The fourth-order valence-electron chi connectivity index (χ4n) is 2.74. The SMILES string of the molecule is COc1cccc(C(=O)NC(=NC[C@H]2CCCO2)Nc2cccc(F)c2)c1. The van der Waals surface area contributed by atoms with Crippen LogP contribution in [0.3, 0.4) is 0 Å². The Morgan fingerprint density at radius 1 is 1.30 bits per heavy atom. The predicted octanol–water partition coefficient (Wildman–Crippen LogP) is 3.21. The van der Waals surface area contributed by atoms with E-state index in [-0.39, 0.29) is 23.8 Å². The summed E-state index contributed by atoms with van der Waals surface area (Å²) in [5.74, 6) is 0.101. The Hall–Kier alpha value is -2.93. The van der Waals surface area contributed by atoms with Gasteiger partial charge in [0.05, 0.1) is 19.8 Å². The molecule has 2 aromatic carbocycles. The number of anilines is 1. The van der Waals surface area contributed by atoms with Crippen LogP contribution in [0.15, 0.2) is 53.5 Å². The van der Waals surface area contributed by atoms with Crippen molar-refractivity contribution in [2.45, 2.75) is 18.9 Å². The van der Waals surface area contributed by atoms with E-state index in [0.29, 0.717) is 23.5 Å². The van der Waals surface area contributed by atoms with Gasteiger partial charge in [0.1, 0.15) is 11.6 Å². The van der Waals surface area contributed by atoms with Crippen LogP contribution in [-0.4, -0.2) is 38.2 Å². The number of halogens is 1. The molecule has 6 nitrogen and oxygen atoms in total. The molecule has 7 heteroatoms. The molecule has 1 saturated heterocycles. The van der Waals surface area contributed by atoms with Gasteiger partial charge >= 0.3 is 0 Å². The van der Waals surface area contributed by atoms with Gasteiger partial charge in [0.25, 0.3) is 5.91 Å². The van der Waals surface area contributed by atoms with E-state index in [0.717, 1.165) is 19.4 Å². The predicted molar refractivity (Wildman–Crippen MR) is 102 cm³/mol. The maximum Gasteiger partial charge on any atom is 0.258 e. The Morgan fingerprint density at radius 3 is 2.89 bits per heavy atom. The first-order valence-corrected chi connectivity index (χ1v) is 8.78. The van der Waals surface area contributed by atoms with E-state index in [1.165, 1.54) is 19.2 Å². The second-order valence-electron chi connectivity index (χ2n) is 6.15. The highest BCUT2D eigenvalue weighted by Gasteiger charge is 2.16. The van der Waals surface area contributed by atoms with Crippen LogP contribution in [0.25, 0.3) is 0 Å². The van der Waals surface area contributed by atoms with Gasteiger partial charge in [0.2, 0.25) is 5.96 Å².